The molecule has 5 heteroatoms. The maximum absolute atomic E-state index is 12.1. The van der Waals surface area contributed by atoms with Gasteiger partial charge in [0.15, 0.2) is 10.8 Å². The van der Waals surface area contributed by atoms with Gasteiger partial charge < -0.3 is 10.1 Å². The van der Waals surface area contributed by atoms with Gasteiger partial charge in [0.2, 0.25) is 0 Å². The van der Waals surface area contributed by atoms with Crippen molar-refractivity contribution in [3.8, 4) is 0 Å². The fourth-order valence-electron chi connectivity index (χ4n) is 3.11. The summed E-state index contributed by atoms with van der Waals surface area (Å²) in [4.78, 5) is 14.0. The molecule has 2 saturated heterocycles. The highest BCUT2D eigenvalue weighted by molar-refractivity contribution is 7.80. The van der Waals surface area contributed by atoms with Crippen LogP contribution in [0.4, 0.5) is 0 Å². The van der Waals surface area contributed by atoms with Gasteiger partial charge in [-0.15, -0.1) is 0 Å². The second-order valence-corrected chi connectivity index (χ2v) is 6.99. The highest BCUT2D eigenvalue weighted by atomic mass is 32.1. The minimum absolute atomic E-state index is 0.144. The molecule has 2 heterocycles. The van der Waals surface area contributed by atoms with Crippen molar-refractivity contribution < 1.29 is 9.53 Å². The first kappa shape index (κ1) is 13.6. The average Bonchev–Trinajstić information content (AvgIpc) is 2.33. The third kappa shape index (κ3) is 2.20. The summed E-state index contributed by atoms with van der Waals surface area (Å²) in [6, 6.07) is -0.244. The van der Waals surface area contributed by atoms with E-state index < -0.39 is 5.72 Å². The summed E-state index contributed by atoms with van der Waals surface area (Å²) in [6.07, 6.45) is 1.51. The fourth-order valence-corrected chi connectivity index (χ4v) is 3.71. The molecular weight excluding hydrogens is 248 g/mol. The van der Waals surface area contributed by atoms with Crippen LogP contribution < -0.4 is 5.32 Å². The predicted octanol–water partition coefficient (Wildman–Crippen LogP) is 2.03. The lowest BCUT2D eigenvalue weighted by Crippen LogP contribution is -2.66. The summed E-state index contributed by atoms with van der Waals surface area (Å²) in [7, 11) is 0. The summed E-state index contributed by atoms with van der Waals surface area (Å²) in [6.45, 7) is 10.3. The van der Waals surface area contributed by atoms with E-state index in [9.17, 15) is 4.79 Å². The molecule has 18 heavy (non-hydrogen) atoms. The highest BCUT2D eigenvalue weighted by Crippen LogP contribution is 2.40. The minimum atomic E-state index is -0.595. The molecule has 1 N–H and O–H groups in total. The molecular formula is C13H22N2O2S. The van der Waals surface area contributed by atoms with Crippen LogP contribution in [0.25, 0.3) is 0 Å². The molecule has 0 aromatic rings. The average molecular weight is 270 g/mol. The molecule has 0 amide bonds. The molecule has 0 aromatic heterocycles. The van der Waals surface area contributed by atoms with Gasteiger partial charge in [0.25, 0.3) is 0 Å². The number of carbonyl (C=O) groups is 1. The van der Waals surface area contributed by atoms with E-state index >= 15 is 0 Å². The topological polar surface area (TPSA) is 41.6 Å². The van der Waals surface area contributed by atoms with Crippen molar-refractivity contribution in [3.05, 3.63) is 0 Å². The largest absolute Gasteiger partial charge is 0.437 e. The van der Waals surface area contributed by atoms with Crippen LogP contribution >= 0.6 is 12.2 Å². The summed E-state index contributed by atoms with van der Waals surface area (Å²) in [5, 5.41) is 3.93. The Kier molecular flexibility index (Phi) is 3.08. The predicted molar refractivity (Wildman–Crippen MR) is 74.0 cm³/mol. The zero-order chi connectivity index (χ0) is 13.7. The van der Waals surface area contributed by atoms with Crippen molar-refractivity contribution in [2.45, 2.75) is 64.8 Å². The molecule has 2 aliphatic rings. The van der Waals surface area contributed by atoms with Gasteiger partial charge in [0, 0.05) is 12.0 Å². The number of hydrogen-bond donors (Lipinski definition) is 1. The van der Waals surface area contributed by atoms with Crippen molar-refractivity contribution in [2.75, 3.05) is 0 Å². The van der Waals surface area contributed by atoms with Gasteiger partial charge in [-0.05, 0) is 45.3 Å². The van der Waals surface area contributed by atoms with Gasteiger partial charge >= 0.3 is 5.97 Å². The van der Waals surface area contributed by atoms with Gasteiger partial charge in [-0.3, -0.25) is 4.90 Å². The van der Waals surface area contributed by atoms with Gasteiger partial charge in [0.1, 0.15) is 6.04 Å². The van der Waals surface area contributed by atoms with Gasteiger partial charge in [-0.2, -0.15) is 0 Å². The van der Waals surface area contributed by atoms with Crippen LogP contribution in [0, 0.1) is 5.92 Å². The first-order valence-corrected chi connectivity index (χ1v) is 6.90. The van der Waals surface area contributed by atoms with Crippen molar-refractivity contribution >= 4 is 23.3 Å². The summed E-state index contributed by atoms with van der Waals surface area (Å²) in [5.41, 5.74) is -0.738. The number of nitrogens with zero attached hydrogens (tertiary/aromatic N) is 1. The third-order valence-corrected chi connectivity index (χ3v) is 3.84. The van der Waals surface area contributed by atoms with E-state index in [4.69, 9.17) is 17.0 Å². The summed E-state index contributed by atoms with van der Waals surface area (Å²) < 4.78 is 5.63. The van der Waals surface area contributed by atoms with E-state index in [1.165, 1.54) is 0 Å². The summed E-state index contributed by atoms with van der Waals surface area (Å²) in [5.74, 6) is 0.288. The molecule has 2 atom stereocenters. The standard InChI is InChI=1S/C13H22N2O2S/c1-8(2)6-9-10(16)17-13(5)7-12(3,4)14-11(18)15(9)13/h8-9H,6-7H2,1-5H3,(H,14,18)/t9-,13+/m0/s1. The first-order valence-electron chi connectivity index (χ1n) is 6.49. The van der Waals surface area contributed by atoms with E-state index in [1.807, 2.05) is 11.8 Å². The second kappa shape index (κ2) is 4.08. The van der Waals surface area contributed by atoms with Crippen LogP contribution in [0.15, 0.2) is 0 Å². The van der Waals surface area contributed by atoms with E-state index in [1.54, 1.807) is 0 Å². The van der Waals surface area contributed by atoms with Crippen molar-refractivity contribution in [1.29, 1.82) is 0 Å². The van der Waals surface area contributed by atoms with Gasteiger partial charge in [0.05, 0.1) is 0 Å². The SMILES string of the molecule is CC(C)C[C@H]1C(=O)O[C@]2(C)CC(C)(C)NC(=S)N12. The molecule has 0 saturated carbocycles. The molecule has 0 radical (unpaired) electrons. The van der Waals surface area contributed by atoms with Gasteiger partial charge in [-0.25, -0.2) is 4.79 Å². The molecule has 2 rings (SSSR count). The number of rotatable bonds is 2. The molecule has 0 aliphatic carbocycles. The number of nitrogens with one attached hydrogen (secondary N) is 1. The van der Waals surface area contributed by atoms with Crippen molar-refractivity contribution in [2.24, 2.45) is 5.92 Å². The molecule has 4 nitrogen and oxygen atoms in total. The number of esters is 1. The Morgan fingerprint density at radius 3 is 2.67 bits per heavy atom. The smallest absolute Gasteiger partial charge is 0.331 e. The number of carbonyl (C=O) groups excluding carboxylic acids is 1. The molecule has 0 spiro atoms. The van der Waals surface area contributed by atoms with E-state index in [0.29, 0.717) is 11.0 Å². The Morgan fingerprint density at radius 1 is 1.50 bits per heavy atom. The quantitative estimate of drug-likeness (QED) is 0.614. The van der Waals surface area contributed by atoms with E-state index in [-0.39, 0.29) is 17.6 Å². The zero-order valence-corrected chi connectivity index (χ0v) is 12.6. The van der Waals surface area contributed by atoms with Crippen LogP contribution in [0.3, 0.4) is 0 Å². The Hall–Kier alpha value is -0.840. The molecule has 2 aliphatic heterocycles. The van der Waals surface area contributed by atoms with Crippen LogP contribution in [-0.2, 0) is 9.53 Å². The lowest BCUT2D eigenvalue weighted by atomic mass is 9.89. The molecule has 0 unspecified atom stereocenters. The Balaban J connectivity index is 2.31. The third-order valence-electron chi connectivity index (χ3n) is 3.54. The Labute approximate surface area is 114 Å². The normalized spacial score (nSPS) is 34.3. The van der Waals surface area contributed by atoms with Crippen molar-refractivity contribution in [3.63, 3.8) is 0 Å². The van der Waals surface area contributed by atoms with Crippen LogP contribution in [0.5, 0.6) is 0 Å². The number of hydrogen-bond acceptors (Lipinski definition) is 3. The Morgan fingerprint density at radius 2 is 2.11 bits per heavy atom. The number of fused-ring (bicyclic) bond motifs is 1. The Bertz CT molecular complexity index is 394. The number of ether oxygens (including phenoxy) is 1. The monoisotopic (exact) mass is 270 g/mol. The van der Waals surface area contributed by atoms with Crippen LogP contribution in [0.2, 0.25) is 0 Å². The lowest BCUT2D eigenvalue weighted by molar-refractivity contribution is -0.153. The maximum atomic E-state index is 12.1. The van der Waals surface area contributed by atoms with Crippen molar-refractivity contribution in [1.82, 2.24) is 10.2 Å². The van der Waals surface area contributed by atoms with E-state index in [2.05, 4.69) is 33.0 Å². The van der Waals surface area contributed by atoms with Crippen LogP contribution in [-0.4, -0.2) is 33.3 Å². The molecule has 2 fully saturated rings. The maximum Gasteiger partial charge on any atom is 0.331 e. The molecule has 102 valence electrons. The minimum Gasteiger partial charge on any atom is -0.437 e. The molecule has 0 aromatic carbocycles. The first-order chi connectivity index (χ1) is 8.15. The van der Waals surface area contributed by atoms with E-state index in [0.717, 1.165) is 12.8 Å². The van der Waals surface area contributed by atoms with Gasteiger partial charge in [-0.1, -0.05) is 13.8 Å². The lowest BCUT2D eigenvalue weighted by Gasteiger charge is -2.48. The number of thiocarbonyl (C=S) groups is 1. The highest BCUT2D eigenvalue weighted by Gasteiger charge is 2.56. The van der Waals surface area contributed by atoms with Crippen LogP contribution in [0.1, 0.15) is 47.5 Å². The fraction of sp³-hybridized carbons (Fsp3) is 0.846. The zero-order valence-electron chi connectivity index (χ0n) is 11.7. The second-order valence-electron chi connectivity index (χ2n) is 6.60. The molecule has 0 bridgehead atoms. The summed E-state index contributed by atoms with van der Waals surface area (Å²) >= 11 is 5.43.